The molecule has 0 saturated heterocycles. The van der Waals surface area contributed by atoms with Crippen LogP contribution >= 0.6 is 11.6 Å². The Kier molecular flexibility index (Phi) is 6.88. The van der Waals surface area contributed by atoms with E-state index >= 15 is 0 Å². The summed E-state index contributed by atoms with van der Waals surface area (Å²) < 4.78 is 5.75. The molecule has 140 valence electrons. The van der Waals surface area contributed by atoms with E-state index in [0.717, 1.165) is 16.7 Å². The van der Waals surface area contributed by atoms with E-state index in [4.69, 9.17) is 16.3 Å². The smallest absolute Gasteiger partial charge is 0.123 e. The Labute approximate surface area is 165 Å². The molecule has 0 fully saturated rings. The van der Waals surface area contributed by atoms with Crippen LogP contribution in [-0.4, -0.2) is 24.4 Å². The van der Waals surface area contributed by atoms with Crippen LogP contribution in [0.5, 0.6) is 5.75 Å². The first-order valence-corrected chi connectivity index (χ1v) is 9.42. The Morgan fingerprint density at radius 2 is 1.48 bits per heavy atom. The molecule has 0 aliphatic heterocycles. The molecule has 0 heterocycles. The number of hydrogen-bond acceptors (Lipinski definition) is 3. The molecule has 27 heavy (non-hydrogen) atoms. The first-order chi connectivity index (χ1) is 13.1. The molecule has 3 aromatic carbocycles. The van der Waals surface area contributed by atoms with E-state index in [1.165, 1.54) is 0 Å². The van der Waals surface area contributed by atoms with Gasteiger partial charge in [-0.25, -0.2) is 0 Å². The Balaban J connectivity index is 1.62. The summed E-state index contributed by atoms with van der Waals surface area (Å²) in [6.45, 7) is 2.52. The fourth-order valence-corrected chi connectivity index (χ4v) is 3.13. The van der Waals surface area contributed by atoms with Gasteiger partial charge in [0.1, 0.15) is 18.5 Å². The molecule has 0 spiro atoms. The van der Waals surface area contributed by atoms with Crippen LogP contribution in [0, 0.1) is 6.92 Å². The molecule has 0 aliphatic carbocycles. The molecule has 1 atom stereocenters. The topological polar surface area (TPSA) is 41.5 Å². The minimum Gasteiger partial charge on any atom is -0.491 e. The monoisotopic (exact) mass is 381 g/mol. The van der Waals surface area contributed by atoms with Crippen LogP contribution in [0.1, 0.15) is 22.7 Å². The summed E-state index contributed by atoms with van der Waals surface area (Å²) in [5.74, 6) is 0.698. The zero-order chi connectivity index (χ0) is 19.1. The van der Waals surface area contributed by atoms with Crippen LogP contribution in [0.2, 0.25) is 5.02 Å². The summed E-state index contributed by atoms with van der Waals surface area (Å²) in [4.78, 5) is 0. The highest BCUT2D eigenvalue weighted by atomic mass is 35.5. The Morgan fingerprint density at radius 1 is 0.889 bits per heavy atom. The van der Waals surface area contributed by atoms with E-state index < -0.39 is 6.10 Å². The molecule has 4 heteroatoms. The molecule has 1 unspecified atom stereocenters. The number of aliphatic hydroxyl groups excluding tert-OH is 1. The van der Waals surface area contributed by atoms with Gasteiger partial charge in [0.25, 0.3) is 0 Å². The van der Waals surface area contributed by atoms with Crippen molar-refractivity contribution >= 4 is 11.6 Å². The van der Waals surface area contributed by atoms with Crippen LogP contribution in [-0.2, 0) is 0 Å². The second-order valence-corrected chi connectivity index (χ2v) is 6.90. The molecule has 2 N–H and O–H groups in total. The number of hydrogen-bond donors (Lipinski definition) is 2. The second kappa shape index (κ2) is 9.56. The lowest BCUT2D eigenvalue weighted by Gasteiger charge is -2.22. The van der Waals surface area contributed by atoms with Crippen molar-refractivity contribution in [1.82, 2.24) is 5.32 Å². The highest BCUT2D eigenvalue weighted by Crippen LogP contribution is 2.25. The SMILES string of the molecule is Cc1c(Cl)cccc1OCC(O)CNC(c1ccccc1)c1ccccc1. The molecule has 0 aliphatic rings. The number of ether oxygens (including phenoxy) is 1. The van der Waals surface area contributed by atoms with E-state index in [1.54, 1.807) is 0 Å². The molecule has 0 bridgehead atoms. The highest BCUT2D eigenvalue weighted by molar-refractivity contribution is 6.31. The molecular weight excluding hydrogens is 358 g/mol. The summed E-state index contributed by atoms with van der Waals surface area (Å²) in [6, 6.07) is 26.0. The summed E-state index contributed by atoms with van der Waals surface area (Å²) in [7, 11) is 0. The third kappa shape index (κ3) is 5.33. The summed E-state index contributed by atoms with van der Waals surface area (Å²) in [5, 5.41) is 14.5. The number of halogens is 1. The Hall–Kier alpha value is -2.33. The van der Waals surface area contributed by atoms with E-state index in [1.807, 2.05) is 61.5 Å². The molecule has 0 radical (unpaired) electrons. The van der Waals surface area contributed by atoms with Crippen molar-refractivity contribution in [2.45, 2.75) is 19.1 Å². The lowest BCUT2D eigenvalue weighted by atomic mass is 9.98. The van der Waals surface area contributed by atoms with Gasteiger partial charge in [0.2, 0.25) is 0 Å². The summed E-state index contributed by atoms with van der Waals surface area (Å²) in [6.07, 6.45) is -0.640. The predicted molar refractivity (Wildman–Crippen MR) is 110 cm³/mol. The second-order valence-electron chi connectivity index (χ2n) is 6.49. The average molecular weight is 382 g/mol. The van der Waals surface area contributed by atoms with Crippen LogP contribution < -0.4 is 10.1 Å². The zero-order valence-electron chi connectivity index (χ0n) is 15.3. The number of aliphatic hydroxyl groups is 1. The van der Waals surface area contributed by atoms with Crippen LogP contribution in [0.25, 0.3) is 0 Å². The van der Waals surface area contributed by atoms with E-state index in [9.17, 15) is 5.11 Å². The molecule has 0 saturated carbocycles. The van der Waals surface area contributed by atoms with Crippen molar-refractivity contribution in [2.24, 2.45) is 0 Å². The van der Waals surface area contributed by atoms with Crippen LogP contribution in [0.15, 0.2) is 78.9 Å². The Bertz CT molecular complexity index is 800. The highest BCUT2D eigenvalue weighted by Gasteiger charge is 2.15. The fraction of sp³-hybridized carbons (Fsp3) is 0.217. The van der Waals surface area contributed by atoms with Gasteiger partial charge >= 0.3 is 0 Å². The van der Waals surface area contributed by atoms with Crippen molar-refractivity contribution in [3.8, 4) is 5.75 Å². The van der Waals surface area contributed by atoms with Crippen molar-refractivity contribution < 1.29 is 9.84 Å². The van der Waals surface area contributed by atoms with Crippen molar-refractivity contribution in [2.75, 3.05) is 13.2 Å². The summed E-state index contributed by atoms with van der Waals surface area (Å²) in [5.41, 5.74) is 3.19. The predicted octanol–water partition coefficient (Wildman–Crippen LogP) is 4.77. The third-order valence-corrected chi connectivity index (χ3v) is 4.88. The lowest BCUT2D eigenvalue weighted by Crippen LogP contribution is -2.34. The quantitative estimate of drug-likeness (QED) is 0.590. The van der Waals surface area contributed by atoms with E-state index in [-0.39, 0.29) is 12.6 Å². The van der Waals surface area contributed by atoms with Gasteiger partial charge in [-0.1, -0.05) is 78.3 Å². The molecule has 3 rings (SSSR count). The van der Waals surface area contributed by atoms with Gasteiger partial charge in [0.15, 0.2) is 0 Å². The van der Waals surface area contributed by atoms with E-state index in [0.29, 0.717) is 17.3 Å². The summed E-state index contributed by atoms with van der Waals surface area (Å²) >= 11 is 6.11. The van der Waals surface area contributed by atoms with Gasteiger partial charge in [-0.2, -0.15) is 0 Å². The van der Waals surface area contributed by atoms with Gasteiger partial charge < -0.3 is 15.2 Å². The molecular formula is C23H24ClNO2. The first-order valence-electron chi connectivity index (χ1n) is 9.04. The van der Waals surface area contributed by atoms with Gasteiger partial charge in [-0.05, 0) is 30.2 Å². The van der Waals surface area contributed by atoms with Crippen LogP contribution in [0.3, 0.4) is 0 Å². The largest absolute Gasteiger partial charge is 0.491 e. The van der Waals surface area contributed by atoms with Crippen molar-refractivity contribution in [3.05, 3.63) is 101 Å². The minimum atomic E-state index is -0.640. The van der Waals surface area contributed by atoms with Crippen molar-refractivity contribution in [1.29, 1.82) is 0 Å². The normalized spacial score (nSPS) is 12.1. The average Bonchev–Trinajstić information content (AvgIpc) is 2.71. The maximum Gasteiger partial charge on any atom is 0.123 e. The number of benzene rings is 3. The lowest BCUT2D eigenvalue weighted by molar-refractivity contribution is 0.104. The van der Waals surface area contributed by atoms with Gasteiger partial charge in [-0.15, -0.1) is 0 Å². The van der Waals surface area contributed by atoms with Gasteiger partial charge in [0, 0.05) is 17.1 Å². The first kappa shape index (κ1) is 19.4. The Morgan fingerprint density at radius 3 is 2.07 bits per heavy atom. The van der Waals surface area contributed by atoms with Gasteiger partial charge in [0.05, 0.1) is 6.04 Å². The molecule has 0 aromatic heterocycles. The van der Waals surface area contributed by atoms with E-state index in [2.05, 4.69) is 29.6 Å². The number of nitrogens with one attached hydrogen (secondary N) is 1. The van der Waals surface area contributed by atoms with Crippen LogP contribution in [0.4, 0.5) is 0 Å². The standard InChI is InChI=1S/C23H24ClNO2/c1-17-21(24)13-8-14-22(17)27-16-20(26)15-25-23(18-9-4-2-5-10-18)19-11-6-3-7-12-19/h2-14,20,23,25-26H,15-16H2,1H3. The minimum absolute atomic E-state index is 0.00922. The van der Waals surface area contributed by atoms with Crippen molar-refractivity contribution in [3.63, 3.8) is 0 Å². The maximum atomic E-state index is 10.4. The van der Waals surface area contributed by atoms with Gasteiger partial charge in [-0.3, -0.25) is 0 Å². The fourth-order valence-electron chi connectivity index (χ4n) is 2.96. The zero-order valence-corrected chi connectivity index (χ0v) is 16.1. The molecule has 0 amide bonds. The number of rotatable bonds is 8. The molecule has 3 nitrogen and oxygen atoms in total. The molecule has 3 aromatic rings. The third-order valence-electron chi connectivity index (χ3n) is 4.47. The maximum absolute atomic E-state index is 10.4.